The third-order valence-corrected chi connectivity index (χ3v) is 4.48. The van der Waals surface area contributed by atoms with Crippen LogP contribution >= 0.6 is 11.3 Å². The highest BCUT2D eigenvalue weighted by molar-refractivity contribution is 7.09. The van der Waals surface area contributed by atoms with Crippen molar-refractivity contribution in [2.45, 2.75) is 45.8 Å². The van der Waals surface area contributed by atoms with E-state index < -0.39 is 0 Å². The molecular weight excluding hydrogens is 278 g/mol. The van der Waals surface area contributed by atoms with E-state index in [4.69, 9.17) is 4.98 Å². The molecule has 0 aliphatic carbocycles. The van der Waals surface area contributed by atoms with Gasteiger partial charge in [-0.1, -0.05) is 26.0 Å². The molecule has 1 atom stereocenters. The first kappa shape index (κ1) is 16.0. The normalized spacial score (nSPS) is 12.6. The number of pyridine rings is 1. The summed E-state index contributed by atoms with van der Waals surface area (Å²) in [5.41, 5.74) is 1.09. The molecule has 1 unspecified atom stereocenters. The zero-order valence-corrected chi connectivity index (χ0v) is 14.2. The summed E-state index contributed by atoms with van der Waals surface area (Å²) in [5, 5.41) is 5.55. The molecule has 0 aliphatic heterocycles. The summed E-state index contributed by atoms with van der Waals surface area (Å²) < 4.78 is 0. The zero-order valence-electron chi connectivity index (χ0n) is 13.3. The van der Waals surface area contributed by atoms with E-state index in [1.165, 1.54) is 4.88 Å². The fourth-order valence-corrected chi connectivity index (χ4v) is 2.98. The van der Waals surface area contributed by atoms with E-state index in [2.05, 4.69) is 73.7 Å². The Kier molecular flexibility index (Phi) is 5.76. The second-order valence-corrected chi connectivity index (χ2v) is 6.80. The highest BCUT2D eigenvalue weighted by Crippen LogP contribution is 2.18. The molecule has 0 fully saturated rings. The van der Waals surface area contributed by atoms with E-state index in [0.717, 1.165) is 24.5 Å². The van der Waals surface area contributed by atoms with Gasteiger partial charge in [0.05, 0.1) is 5.69 Å². The van der Waals surface area contributed by atoms with Crippen LogP contribution in [0.1, 0.15) is 31.3 Å². The number of thiophene rings is 1. The van der Waals surface area contributed by atoms with Gasteiger partial charge in [0, 0.05) is 37.0 Å². The van der Waals surface area contributed by atoms with E-state index in [0.29, 0.717) is 12.1 Å². The molecule has 2 rings (SSSR count). The lowest BCUT2D eigenvalue weighted by Gasteiger charge is -2.26. The number of hydrogen-bond donors (Lipinski definition) is 1. The summed E-state index contributed by atoms with van der Waals surface area (Å²) in [7, 11) is 2.13. The molecule has 0 radical (unpaired) electrons. The molecule has 21 heavy (non-hydrogen) atoms. The van der Waals surface area contributed by atoms with Crippen molar-refractivity contribution in [1.82, 2.24) is 10.3 Å². The summed E-state index contributed by atoms with van der Waals surface area (Å²) in [6.07, 6.45) is 1.06. The van der Waals surface area contributed by atoms with E-state index in [9.17, 15) is 0 Å². The maximum absolute atomic E-state index is 4.76. The molecule has 2 heterocycles. The van der Waals surface area contributed by atoms with Crippen LogP contribution in [0.25, 0.3) is 0 Å². The minimum atomic E-state index is 0.435. The standard InChI is InChI=1S/C17H25N3S/c1-13(2)18-12-15-7-5-9-17(19-15)20(4)14(3)11-16-8-6-10-21-16/h5-10,13-14,18H,11-12H2,1-4H3. The second kappa shape index (κ2) is 7.57. The minimum Gasteiger partial charge on any atom is -0.357 e. The lowest BCUT2D eigenvalue weighted by molar-refractivity contribution is 0.580. The van der Waals surface area contributed by atoms with E-state index in [1.54, 1.807) is 0 Å². The fourth-order valence-electron chi connectivity index (χ4n) is 2.15. The smallest absolute Gasteiger partial charge is 0.128 e. The number of anilines is 1. The molecule has 114 valence electrons. The maximum atomic E-state index is 4.76. The van der Waals surface area contributed by atoms with Crippen LogP contribution in [0.5, 0.6) is 0 Å². The van der Waals surface area contributed by atoms with Crippen molar-refractivity contribution in [1.29, 1.82) is 0 Å². The first-order valence-electron chi connectivity index (χ1n) is 7.51. The predicted octanol–water partition coefficient (Wildman–Crippen LogP) is 3.71. The molecule has 0 saturated heterocycles. The Bertz CT molecular complexity index is 537. The zero-order chi connectivity index (χ0) is 15.2. The summed E-state index contributed by atoms with van der Waals surface area (Å²) >= 11 is 1.82. The quantitative estimate of drug-likeness (QED) is 0.845. The van der Waals surface area contributed by atoms with Gasteiger partial charge in [0.15, 0.2) is 0 Å². The lowest BCUT2D eigenvalue weighted by atomic mass is 10.2. The Morgan fingerprint density at radius 1 is 1.19 bits per heavy atom. The maximum Gasteiger partial charge on any atom is 0.128 e. The molecular formula is C17H25N3S. The summed E-state index contributed by atoms with van der Waals surface area (Å²) in [6.45, 7) is 7.37. The van der Waals surface area contributed by atoms with Crippen LogP contribution in [-0.4, -0.2) is 24.1 Å². The Balaban J connectivity index is 2.00. The summed E-state index contributed by atoms with van der Waals surface area (Å²) in [6, 6.07) is 11.5. The largest absolute Gasteiger partial charge is 0.357 e. The van der Waals surface area contributed by atoms with Crippen LogP contribution < -0.4 is 10.2 Å². The van der Waals surface area contributed by atoms with Crippen molar-refractivity contribution in [3.05, 3.63) is 46.3 Å². The molecule has 0 saturated carbocycles. The van der Waals surface area contributed by atoms with Crippen molar-refractivity contribution < 1.29 is 0 Å². The number of rotatable bonds is 7. The Morgan fingerprint density at radius 3 is 2.67 bits per heavy atom. The topological polar surface area (TPSA) is 28.2 Å². The Labute approximate surface area is 132 Å². The van der Waals surface area contributed by atoms with E-state index in [1.807, 2.05) is 11.3 Å². The SMILES string of the molecule is CC(C)NCc1cccc(N(C)C(C)Cc2cccs2)n1. The van der Waals surface area contributed by atoms with Crippen LogP contribution in [0.3, 0.4) is 0 Å². The average molecular weight is 303 g/mol. The third-order valence-electron chi connectivity index (χ3n) is 3.58. The number of likely N-dealkylation sites (N-methyl/N-ethyl adjacent to an activating group) is 1. The number of nitrogens with zero attached hydrogens (tertiary/aromatic N) is 2. The molecule has 4 heteroatoms. The van der Waals surface area contributed by atoms with Crippen molar-refractivity contribution in [3.63, 3.8) is 0 Å². The van der Waals surface area contributed by atoms with Gasteiger partial charge in [0.2, 0.25) is 0 Å². The minimum absolute atomic E-state index is 0.435. The molecule has 0 spiro atoms. The Hall–Kier alpha value is -1.39. The monoisotopic (exact) mass is 303 g/mol. The number of aromatic nitrogens is 1. The van der Waals surface area contributed by atoms with E-state index in [-0.39, 0.29) is 0 Å². The molecule has 2 aromatic heterocycles. The van der Waals surface area contributed by atoms with Gasteiger partial charge < -0.3 is 10.2 Å². The molecule has 0 amide bonds. The number of hydrogen-bond acceptors (Lipinski definition) is 4. The van der Waals surface area contributed by atoms with Gasteiger partial charge in [-0.05, 0) is 30.5 Å². The van der Waals surface area contributed by atoms with Crippen molar-refractivity contribution >= 4 is 17.2 Å². The van der Waals surface area contributed by atoms with Crippen LogP contribution in [-0.2, 0) is 13.0 Å². The highest BCUT2D eigenvalue weighted by atomic mass is 32.1. The van der Waals surface area contributed by atoms with Crippen LogP contribution in [0.15, 0.2) is 35.7 Å². The van der Waals surface area contributed by atoms with Crippen molar-refractivity contribution in [2.24, 2.45) is 0 Å². The highest BCUT2D eigenvalue weighted by Gasteiger charge is 2.13. The van der Waals surface area contributed by atoms with Gasteiger partial charge >= 0.3 is 0 Å². The van der Waals surface area contributed by atoms with Crippen LogP contribution in [0.4, 0.5) is 5.82 Å². The lowest BCUT2D eigenvalue weighted by Crippen LogP contribution is -2.31. The van der Waals surface area contributed by atoms with Gasteiger partial charge in [-0.3, -0.25) is 0 Å². The van der Waals surface area contributed by atoms with Gasteiger partial charge in [0.1, 0.15) is 5.82 Å². The van der Waals surface area contributed by atoms with Crippen molar-refractivity contribution in [3.8, 4) is 0 Å². The molecule has 1 N–H and O–H groups in total. The molecule has 0 aliphatic rings. The van der Waals surface area contributed by atoms with Crippen molar-refractivity contribution in [2.75, 3.05) is 11.9 Å². The second-order valence-electron chi connectivity index (χ2n) is 5.77. The molecule has 3 nitrogen and oxygen atoms in total. The first-order chi connectivity index (χ1) is 10.1. The summed E-state index contributed by atoms with van der Waals surface area (Å²) in [4.78, 5) is 8.45. The first-order valence-corrected chi connectivity index (χ1v) is 8.38. The molecule has 2 aromatic rings. The van der Waals surface area contributed by atoms with Gasteiger partial charge in [-0.25, -0.2) is 4.98 Å². The van der Waals surface area contributed by atoms with Gasteiger partial charge in [-0.2, -0.15) is 0 Å². The summed E-state index contributed by atoms with van der Waals surface area (Å²) in [5.74, 6) is 1.04. The molecule has 0 bridgehead atoms. The van der Waals surface area contributed by atoms with Gasteiger partial charge in [-0.15, -0.1) is 11.3 Å². The number of nitrogens with one attached hydrogen (secondary N) is 1. The van der Waals surface area contributed by atoms with Gasteiger partial charge in [0.25, 0.3) is 0 Å². The van der Waals surface area contributed by atoms with Crippen LogP contribution in [0.2, 0.25) is 0 Å². The third kappa shape index (κ3) is 4.83. The Morgan fingerprint density at radius 2 is 2.00 bits per heavy atom. The van der Waals surface area contributed by atoms with Crippen LogP contribution in [0, 0.1) is 0 Å². The fraction of sp³-hybridized carbons (Fsp3) is 0.471. The molecule has 0 aromatic carbocycles. The average Bonchev–Trinajstić information content (AvgIpc) is 2.97. The predicted molar refractivity (Wildman–Crippen MR) is 92.1 cm³/mol. The van der Waals surface area contributed by atoms with E-state index >= 15 is 0 Å².